The molecular formula is C21H15N3O5S. The zero-order valence-electron chi connectivity index (χ0n) is 15.7. The zero-order valence-corrected chi connectivity index (χ0v) is 16.5. The van der Waals surface area contributed by atoms with Crippen molar-refractivity contribution in [3.8, 4) is 17.1 Å². The number of carbonyl (C=O) groups is 1. The van der Waals surface area contributed by atoms with E-state index in [2.05, 4.69) is 4.99 Å². The lowest BCUT2D eigenvalue weighted by atomic mass is 10.1. The molecule has 0 atom stereocenters. The van der Waals surface area contributed by atoms with Crippen molar-refractivity contribution in [1.29, 1.82) is 0 Å². The van der Waals surface area contributed by atoms with Crippen molar-refractivity contribution in [3.05, 3.63) is 81.4 Å². The predicted molar refractivity (Wildman–Crippen MR) is 115 cm³/mol. The van der Waals surface area contributed by atoms with Gasteiger partial charge in [-0.15, -0.1) is 0 Å². The second-order valence-electron chi connectivity index (χ2n) is 6.40. The van der Waals surface area contributed by atoms with Crippen LogP contribution in [0.3, 0.4) is 0 Å². The van der Waals surface area contributed by atoms with Gasteiger partial charge in [0.15, 0.2) is 5.17 Å². The number of amidine groups is 1. The standard InChI is InChI=1S/C21H15N3O5S/c1-23(14-5-7-16(25)8-6-14)21-22-20(26)19(30-21)12-17-9-10-18(29-17)13-3-2-4-15(11-13)24(27)28/h2-12,25H,1H3/b19-12+. The fraction of sp³-hybridized carbons (Fsp3) is 0.0476. The summed E-state index contributed by atoms with van der Waals surface area (Å²) in [7, 11) is 1.78. The van der Waals surface area contributed by atoms with Crippen LogP contribution in [0.25, 0.3) is 17.4 Å². The predicted octanol–water partition coefficient (Wildman–Crippen LogP) is 4.67. The highest BCUT2D eigenvalue weighted by molar-refractivity contribution is 8.18. The molecular weight excluding hydrogens is 406 g/mol. The Morgan fingerprint density at radius 2 is 1.93 bits per heavy atom. The number of phenolic OH excluding ortho intramolecular Hbond substituents is 1. The van der Waals surface area contributed by atoms with Crippen LogP contribution in [0, 0.1) is 10.1 Å². The molecule has 8 nitrogen and oxygen atoms in total. The molecule has 1 aliphatic heterocycles. The van der Waals surface area contributed by atoms with Crippen LogP contribution in [-0.2, 0) is 4.79 Å². The average molecular weight is 421 g/mol. The Morgan fingerprint density at radius 1 is 1.17 bits per heavy atom. The number of aliphatic imine (C=N–C) groups is 1. The number of benzene rings is 2. The highest BCUT2D eigenvalue weighted by atomic mass is 32.2. The number of thioether (sulfide) groups is 1. The third-order valence-electron chi connectivity index (χ3n) is 4.37. The smallest absolute Gasteiger partial charge is 0.286 e. The first kappa shape index (κ1) is 19.5. The van der Waals surface area contributed by atoms with E-state index in [-0.39, 0.29) is 17.3 Å². The summed E-state index contributed by atoms with van der Waals surface area (Å²) >= 11 is 1.21. The average Bonchev–Trinajstić information content (AvgIpc) is 3.35. The molecule has 3 aromatic rings. The maximum atomic E-state index is 12.3. The Labute approximate surface area is 175 Å². The number of hydrogen-bond donors (Lipinski definition) is 1. The van der Waals surface area contributed by atoms with Gasteiger partial charge in [-0.2, -0.15) is 4.99 Å². The van der Waals surface area contributed by atoms with Crippen molar-refractivity contribution in [2.45, 2.75) is 0 Å². The summed E-state index contributed by atoms with van der Waals surface area (Å²) in [6, 6.07) is 16.1. The summed E-state index contributed by atoms with van der Waals surface area (Å²) in [5, 5.41) is 20.9. The minimum absolute atomic E-state index is 0.0272. The molecule has 0 saturated heterocycles. The Balaban J connectivity index is 1.53. The number of rotatable bonds is 4. The summed E-state index contributed by atoms with van der Waals surface area (Å²) in [6.45, 7) is 0. The number of phenols is 1. The van der Waals surface area contributed by atoms with E-state index in [9.17, 15) is 20.0 Å². The minimum atomic E-state index is -0.466. The minimum Gasteiger partial charge on any atom is -0.508 e. The molecule has 0 aliphatic carbocycles. The fourth-order valence-corrected chi connectivity index (χ4v) is 3.69. The van der Waals surface area contributed by atoms with Crippen LogP contribution in [0.2, 0.25) is 0 Å². The topological polar surface area (TPSA) is 109 Å². The molecule has 2 aromatic carbocycles. The molecule has 150 valence electrons. The Bertz CT molecular complexity index is 1200. The lowest BCUT2D eigenvalue weighted by Gasteiger charge is -2.17. The number of hydrogen-bond acceptors (Lipinski definition) is 7. The molecule has 30 heavy (non-hydrogen) atoms. The van der Waals surface area contributed by atoms with Crippen LogP contribution in [-0.4, -0.2) is 28.2 Å². The van der Waals surface area contributed by atoms with Crippen molar-refractivity contribution < 1.29 is 19.2 Å². The van der Waals surface area contributed by atoms with Crippen molar-refractivity contribution in [1.82, 2.24) is 0 Å². The van der Waals surface area contributed by atoms with Gasteiger partial charge in [0.2, 0.25) is 0 Å². The normalized spacial score (nSPS) is 14.8. The third kappa shape index (κ3) is 3.96. The molecule has 0 unspecified atom stereocenters. The quantitative estimate of drug-likeness (QED) is 0.370. The summed E-state index contributed by atoms with van der Waals surface area (Å²) in [4.78, 5) is 29.0. The number of non-ortho nitro benzene ring substituents is 1. The van der Waals surface area contributed by atoms with E-state index in [0.29, 0.717) is 27.2 Å². The van der Waals surface area contributed by atoms with Gasteiger partial charge in [-0.25, -0.2) is 0 Å². The van der Waals surface area contributed by atoms with E-state index >= 15 is 0 Å². The number of aromatic hydroxyl groups is 1. The van der Waals surface area contributed by atoms with E-state index in [4.69, 9.17) is 4.42 Å². The highest BCUT2D eigenvalue weighted by Crippen LogP contribution is 2.33. The van der Waals surface area contributed by atoms with Crippen molar-refractivity contribution in [3.63, 3.8) is 0 Å². The van der Waals surface area contributed by atoms with E-state index < -0.39 is 4.92 Å². The van der Waals surface area contributed by atoms with E-state index in [1.807, 2.05) is 0 Å². The summed E-state index contributed by atoms with van der Waals surface area (Å²) in [6.07, 6.45) is 1.59. The molecule has 1 N–H and O–H groups in total. The van der Waals surface area contributed by atoms with Gasteiger partial charge in [0, 0.05) is 36.5 Å². The second-order valence-corrected chi connectivity index (χ2v) is 7.40. The summed E-state index contributed by atoms with van der Waals surface area (Å²) in [5.41, 5.74) is 1.32. The fourth-order valence-electron chi connectivity index (χ4n) is 2.82. The van der Waals surface area contributed by atoms with Gasteiger partial charge in [0.05, 0.1) is 9.83 Å². The summed E-state index contributed by atoms with van der Waals surface area (Å²) < 4.78 is 5.75. The SMILES string of the molecule is CN(C1=NC(=O)/C(=C\c2ccc(-c3cccc([N+](=O)[O-])c3)o2)S1)c1ccc(O)cc1. The Hall–Kier alpha value is -3.85. The molecule has 0 spiro atoms. The monoisotopic (exact) mass is 421 g/mol. The van der Waals surface area contributed by atoms with Gasteiger partial charge >= 0.3 is 0 Å². The van der Waals surface area contributed by atoms with Gasteiger partial charge in [-0.05, 0) is 48.2 Å². The van der Waals surface area contributed by atoms with Gasteiger partial charge in [0.25, 0.3) is 11.6 Å². The second kappa shape index (κ2) is 7.88. The number of nitro benzene ring substituents is 1. The van der Waals surface area contributed by atoms with Crippen LogP contribution >= 0.6 is 11.8 Å². The van der Waals surface area contributed by atoms with Gasteiger partial charge in [0.1, 0.15) is 17.3 Å². The lowest BCUT2D eigenvalue weighted by molar-refractivity contribution is -0.384. The van der Waals surface area contributed by atoms with E-state index in [1.165, 1.54) is 23.9 Å². The molecule has 9 heteroatoms. The molecule has 1 amide bonds. The molecule has 0 saturated carbocycles. The van der Waals surface area contributed by atoms with Crippen LogP contribution in [0.4, 0.5) is 11.4 Å². The first-order valence-corrected chi connectivity index (χ1v) is 9.62. The van der Waals surface area contributed by atoms with E-state index in [0.717, 1.165) is 5.69 Å². The van der Waals surface area contributed by atoms with Crippen molar-refractivity contribution in [2.24, 2.45) is 4.99 Å². The number of anilines is 1. The summed E-state index contributed by atoms with van der Waals surface area (Å²) in [5.74, 6) is 0.676. The third-order valence-corrected chi connectivity index (χ3v) is 5.43. The number of amides is 1. The van der Waals surface area contributed by atoms with Gasteiger partial charge in [-0.1, -0.05) is 12.1 Å². The lowest BCUT2D eigenvalue weighted by Crippen LogP contribution is -2.21. The zero-order chi connectivity index (χ0) is 21.3. The first-order chi connectivity index (χ1) is 14.4. The van der Waals surface area contributed by atoms with Crippen molar-refractivity contribution >= 4 is 40.3 Å². The van der Waals surface area contributed by atoms with Crippen molar-refractivity contribution in [2.75, 3.05) is 11.9 Å². The molecule has 1 aliphatic rings. The molecule has 4 rings (SSSR count). The van der Waals surface area contributed by atoms with Crippen LogP contribution in [0.1, 0.15) is 5.76 Å². The molecule has 1 aromatic heterocycles. The molecule has 0 fully saturated rings. The maximum absolute atomic E-state index is 12.3. The highest BCUT2D eigenvalue weighted by Gasteiger charge is 2.25. The molecule has 2 heterocycles. The largest absolute Gasteiger partial charge is 0.508 e. The molecule has 0 bridgehead atoms. The maximum Gasteiger partial charge on any atom is 0.286 e. The first-order valence-electron chi connectivity index (χ1n) is 8.81. The number of nitrogens with zero attached hydrogens (tertiary/aromatic N) is 3. The molecule has 0 radical (unpaired) electrons. The number of carbonyl (C=O) groups excluding carboxylic acids is 1. The Kier molecular flexibility index (Phi) is 5.11. The number of furan rings is 1. The van der Waals surface area contributed by atoms with Crippen LogP contribution in [0.5, 0.6) is 5.75 Å². The van der Waals surface area contributed by atoms with Crippen LogP contribution in [0.15, 0.2) is 75.0 Å². The van der Waals surface area contributed by atoms with Crippen LogP contribution < -0.4 is 4.90 Å². The van der Waals surface area contributed by atoms with Gasteiger partial charge in [-0.3, -0.25) is 14.9 Å². The van der Waals surface area contributed by atoms with E-state index in [1.54, 1.807) is 66.6 Å². The number of nitro groups is 1. The Morgan fingerprint density at radius 3 is 2.67 bits per heavy atom. The van der Waals surface area contributed by atoms with Gasteiger partial charge < -0.3 is 14.4 Å².